The number of aromatic nitrogens is 2. The van der Waals surface area contributed by atoms with Crippen LogP contribution in [0.15, 0.2) is 36.7 Å². The molecule has 0 aliphatic carbocycles. The molecule has 2 heterocycles. The van der Waals surface area contributed by atoms with Gasteiger partial charge in [0.05, 0.1) is 10.6 Å². The summed E-state index contributed by atoms with van der Waals surface area (Å²) in [6.45, 7) is 1.22. The van der Waals surface area contributed by atoms with E-state index in [0.717, 1.165) is 18.2 Å². The number of nitro benzene ring substituents is 1. The van der Waals surface area contributed by atoms with E-state index in [0.29, 0.717) is 31.9 Å². The molecule has 1 saturated heterocycles. The number of rotatable bonds is 4. The number of carbonyl (C=O) groups is 1. The van der Waals surface area contributed by atoms with Crippen molar-refractivity contribution in [3.8, 4) is 0 Å². The third kappa shape index (κ3) is 3.87. The molecule has 0 bridgehead atoms. The van der Waals surface area contributed by atoms with Crippen molar-refractivity contribution in [2.75, 3.05) is 23.3 Å². The second kappa shape index (κ2) is 7.20. The van der Waals surface area contributed by atoms with E-state index >= 15 is 0 Å². The fourth-order valence-electron chi connectivity index (χ4n) is 2.75. The molecule has 0 unspecified atom stereocenters. The molecule has 0 radical (unpaired) electrons. The van der Waals surface area contributed by atoms with Gasteiger partial charge in [0.25, 0.3) is 5.69 Å². The number of anilines is 2. The topological polar surface area (TPSA) is 101 Å². The van der Waals surface area contributed by atoms with Gasteiger partial charge in [0.1, 0.15) is 5.82 Å². The molecular formula is C16H16FN5O3. The first-order valence-electron chi connectivity index (χ1n) is 7.81. The summed E-state index contributed by atoms with van der Waals surface area (Å²) in [6.07, 6.45) is 4.46. The number of carbonyl (C=O) groups excluding carboxylic acids is 1. The Morgan fingerprint density at radius 1 is 1.28 bits per heavy atom. The highest BCUT2D eigenvalue weighted by Crippen LogP contribution is 2.25. The average molecular weight is 345 g/mol. The maximum absolute atomic E-state index is 13.8. The van der Waals surface area contributed by atoms with Gasteiger partial charge in [-0.25, -0.2) is 14.4 Å². The third-order valence-corrected chi connectivity index (χ3v) is 4.12. The van der Waals surface area contributed by atoms with Gasteiger partial charge < -0.3 is 10.2 Å². The van der Waals surface area contributed by atoms with E-state index in [-0.39, 0.29) is 23.2 Å². The zero-order chi connectivity index (χ0) is 17.8. The Hall–Kier alpha value is -3.10. The largest absolute Gasteiger partial charge is 0.341 e. The van der Waals surface area contributed by atoms with Gasteiger partial charge in [0, 0.05) is 43.5 Å². The molecule has 130 valence electrons. The smallest absolute Gasteiger partial charge is 0.271 e. The predicted molar refractivity (Wildman–Crippen MR) is 88.7 cm³/mol. The van der Waals surface area contributed by atoms with Crippen LogP contribution in [0.2, 0.25) is 0 Å². The monoisotopic (exact) mass is 345 g/mol. The molecule has 0 saturated carbocycles. The van der Waals surface area contributed by atoms with Crippen molar-refractivity contribution < 1.29 is 14.1 Å². The van der Waals surface area contributed by atoms with Crippen LogP contribution >= 0.6 is 0 Å². The fourth-order valence-corrected chi connectivity index (χ4v) is 2.75. The quantitative estimate of drug-likeness (QED) is 0.674. The first kappa shape index (κ1) is 16.7. The maximum Gasteiger partial charge on any atom is 0.271 e. The number of nitrogens with zero attached hydrogens (tertiary/aromatic N) is 4. The van der Waals surface area contributed by atoms with Crippen LogP contribution in [-0.2, 0) is 4.79 Å². The van der Waals surface area contributed by atoms with Gasteiger partial charge in [-0.2, -0.15) is 0 Å². The first-order chi connectivity index (χ1) is 12.0. The molecule has 1 amide bonds. The van der Waals surface area contributed by atoms with Crippen LogP contribution in [0.25, 0.3) is 0 Å². The lowest BCUT2D eigenvalue weighted by Crippen LogP contribution is -2.39. The number of nitrogens with one attached hydrogen (secondary N) is 1. The molecule has 1 aliphatic heterocycles. The van der Waals surface area contributed by atoms with Crippen molar-refractivity contribution in [2.24, 2.45) is 5.92 Å². The molecule has 2 aromatic rings. The predicted octanol–water partition coefficient (Wildman–Crippen LogP) is 2.38. The molecule has 0 spiro atoms. The number of halogens is 1. The van der Waals surface area contributed by atoms with E-state index in [1.807, 2.05) is 4.90 Å². The Kier molecular flexibility index (Phi) is 4.82. The van der Waals surface area contributed by atoms with Crippen LogP contribution in [0, 0.1) is 21.8 Å². The highest BCUT2D eigenvalue weighted by atomic mass is 19.1. The summed E-state index contributed by atoms with van der Waals surface area (Å²) >= 11 is 0. The minimum absolute atomic E-state index is 0.173. The van der Waals surface area contributed by atoms with E-state index in [1.54, 1.807) is 18.5 Å². The lowest BCUT2D eigenvalue weighted by atomic mass is 9.96. The van der Waals surface area contributed by atoms with Crippen LogP contribution < -0.4 is 10.2 Å². The summed E-state index contributed by atoms with van der Waals surface area (Å²) in [5, 5.41) is 13.2. The molecular weight excluding hydrogens is 329 g/mol. The Bertz CT molecular complexity index is 779. The van der Waals surface area contributed by atoms with E-state index in [4.69, 9.17) is 0 Å². The Labute approximate surface area is 142 Å². The molecule has 1 fully saturated rings. The van der Waals surface area contributed by atoms with Crippen LogP contribution in [-0.4, -0.2) is 33.9 Å². The molecule has 1 aliphatic rings. The summed E-state index contributed by atoms with van der Waals surface area (Å²) in [5.41, 5.74) is -0.444. The van der Waals surface area contributed by atoms with E-state index < -0.39 is 10.7 Å². The number of benzene rings is 1. The zero-order valence-electron chi connectivity index (χ0n) is 13.3. The van der Waals surface area contributed by atoms with Gasteiger partial charge in [0.15, 0.2) is 0 Å². The molecule has 1 N–H and O–H groups in total. The number of piperidine rings is 1. The second-order valence-electron chi connectivity index (χ2n) is 5.72. The minimum atomic E-state index is -0.700. The van der Waals surface area contributed by atoms with Gasteiger partial charge >= 0.3 is 0 Å². The van der Waals surface area contributed by atoms with Crippen molar-refractivity contribution in [1.29, 1.82) is 0 Å². The number of non-ortho nitro benzene ring substituents is 1. The van der Waals surface area contributed by atoms with E-state index in [9.17, 15) is 19.3 Å². The van der Waals surface area contributed by atoms with Crippen molar-refractivity contribution in [1.82, 2.24) is 9.97 Å². The molecule has 1 aromatic carbocycles. The molecule has 0 atom stereocenters. The second-order valence-corrected chi connectivity index (χ2v) is 5.72. The molecule has 25 heavy (non-hydrogen) atoms. The lowest BCUT2D eigenvalue weighted by Gasteiger charge is -2.31. The standard InChI is InChI=1S/C16H16FN5O3/c17-13-3-2-12(22(24)25)10-14(13)20-15(23)11-4-8-21(9-5-11)16-18-6-1-7-19-16/h1-3,6-7,10-11H,4-5,8-9H2,(H,20,23). The van der Waals surface area contributed by atoms with Gasteiger partial charge in [-0.05, 0) is 25.0 Å². The first-order valence-corrected chi connectivity index (χ1v) is 7.81. The van der Waals surface area contributed by atoms with Crippen LogP contribution in [0.1, 0.15) is 12.8 Å². The molecule has 3 rings (SSSR count). The molecule has 9 heteroatoms. The number of hydrogen-bond donors (Lipinski definition) is 1. The third-order valence-electron chi connectivity index (χ3n) is 4.12. The molecule has 8 nitrogen and oxygen atoms in total. The number of hydrogen-bond acceptors (Lipinski definition) is 6. The van der Waals surface area contributed by atoms with Crippen molar-refractivity contribution in [3.63, 3.8) is 0 Å². The van der Waals surface area contributed by atoms with Gasteiger partial charge in [0.2, 0.25) is 11.9 Å². The van der Waals surface area contributed by atoms with Crippen LogP contribution in [0.4, 0.5) is 21.7 Å². The van der Waals surface area contributed by atoms with Crippen LogP contribution in [0.3, 0.4) is 0 Å². The molecule has 1 aromatic heterocycles. The van der Waals surface area contributed by atoms with Crippen molar-refractivity contribution >= 4 is 23.2 Å². The summed E-state index contributed by atoms with van der Waals surface area (Å²) < 4.78 is 13.8. The SMILES string of the molecule is O=C(Nc1cc([N+](=O)[O-])ccc1F)C1CCN(c2ncccn2)CC1. The lowest BCUT2D eigenvalue weighted by molar-refractivity contribution is -0.384. The average Bonchev–Trinajstić information content (AvgIpc) is 2.64. The Balaban J connectivity index is 1.62. The van der Waals surface area contributed by atoms with E-state index in [2.05, 4.69) is 15.3 Å². The van der Waals surface area contributed by atoms with Crippen LogP contribution in [0.5, 0.6) is 0 Å². The Morgan fingerprint density at radius 2 is 1.96 bits per heavy atom. The zero-order valence-corrected chi connectivity index (χ0v) is 13.3. The van der Waals surface area contributed by atoms with Crippen molar-refractivity contribution in [2.45, 2.75) is 12.8 Å². The Morgan fingerprint density at radius 3 is 2.60 bits per heavy atom. The number of nitro groups is 1. The van der Waals surface area contributed by atoms with Gasteiger partial charge in [-0.3, -0.25) is 14.9 Å². The summed E-state index contributed by atoms with van der Waals surface area (Å²) in [6, 6.07) is 4.80. The van der Waals surface area contributed by atoms with E-state index in [1.165, 1.54) is 0 Å². The normalized spacial score (nSPS) is 15.0. The highest BCUT2D eigenvalue weighted by molar-refractivity contribution is 5.93. The number of amides is 1. The van der Waals surface area contributed by atoms with Gasteiger partial charge in [-0.1, -0.05) is 0 Å². The fraction of sp³-hybridized carbons (Fsp3) is 0.312. The summed E-state index contributed by atoms with van der Waals surface area (Å²) in [5.74, 6) is -0.716. The van der Waals surface area contributed by atoms with Gasteiger partial charge in [-0.15, -0.1) is 0 Å². The highest BCUT2D eigenvalue weighted by Gasteiger charge is 2.27. The van der Waals surface area contributed by atoms with Crippen molar-refractivity contribution in [3.05, 3.63) is 52.6 Å². The maximum atomic E-state index is 13.8. The summed E-state index contributed by atoms with van der Waals surface area (Å²) in [4.78, 5) is 32.8. The minimum Gasteiger partial charge on any atom is -0.341 e. The summed E-state index contributed by atoms with van der Waals surface area (Å²) in [7, 11) is 0.